The summed E-state index contributed by atoms with van der Waals surface area (Å²) in [5, 5.41) is 7.25. The first-order valence-electron chi connectivity index (χ1n) is 12.1. The lowest BCUT2D eigenvalue weighted by Gasteiger charge is -2.20. The quantitative estimate of drug-likeness (QED) is 0.310. The zero-order valence-electron chi connectivity index (χ0n) is 20.9. The lowest BCUT2D eigenvalue weighted by atomic mass is 10.1. The number of nitrogens with one attached hydrogen (secondary N) is 3. The highest BCUT2D eigenvalue weighted by Crippen LogP contribution is 2.18. The van der Waals surface area contributed by atoms with Crippen LogP contribution in [0.5, 0.6) is 0 Å². The first-order chi connectivity index (χ1) is 17.9. The van der Waals surface area contributed by atoms with E-state index in [1.807, 2.05) is 73.7 Å². The average molecular weight is 499 g/mol. The van der Waals surface area contributed by atoms with E-state index in [0.717, 1.165) is 22.1 Å². The number of aromatic nitrogens is 1. The minimum atomic E-state index is -0.520. The van der Waals surface area contributed by atoms with Gasteiger partial charge in [-0.3, -0.25) is 14.9 Å². The Labute approximate surface area is 215 Å². The van der Waals surface area contributed by atoms with Crippen LogP contribution in [0.1, 0.15) is 16.7 Å². The van der Waals surface area contributed by atoms with Crippen molar-refractivity contribution in [2.24, 2.45) is 0 Å². The number of carbonyl (C=O) groups excluding carboxylic acids is 2. The van der Waals surface area contributed by atoms with Crippen molar-refractivity contribution in [2.45, 2.75) is 19.9 Å². The number of aryl methyl sites for hydroxylation is 1. The summed E-state index contributed by atoms with van der Waals surface area (Å²) in [6.07, 6.45) is 1.73. The van der Waals surface area contributed by atoms with E-state index in [1.54, 1.807) is 24.2 Å². The van der Waals surface area contributed by atoms with Gasteiger partial charge in [-0.05, 0) is 59.3 Å². The van der Waals surface area contributed by atoms with Crippen LogP contribution in [-0.2, 0) is 22.5 Å². The third-order valence-corrected chi connectivity index (χ3v) is 6.11. The number of hydrogen-bond donors (Lipinski definition) is 3. The average Bonchev–Trinajstić information content (AvgIpc) is 2.90. The van der Waals surface area contributed by atoms with Crippen LogP contribution < -0.4 is 16.2 Å². The second-order valence-electron chi connectivity index (χ2n) is 8.85. The molecule has 2 amide bonds. The number of H-pyrrole nitrogens is 1. The Balaban J connectivity index is 1.29. The molecular weight excluding hydrogens is 468 g/mol. The first kappa shape index (κ1) is 25.5. The summed E-state index contributed by atoms with van der Waals surface area (Å²) in [6.45, 7) is 2.70. The van der Waals surface area contributed by atoms with Crippen molar-refractivity contribution in [2.75, 3.05) is 30.8 Å². The van der Waals surface area contributed by atoms with Gasteiger partial charge in [-0.15, -0.1) is 0 Å². The van der Waals surface area contributed by atoms with Crippen molar-refractivity contribution < 1.29 is 14.3 Å². The fourth-order valence-corrected chi connectivity index (χ4v) is 3.93. The van der Waals surface area contributed by atoms with Crippen molar-refractivity contribution >= 4 is 34.1 Å². The Kier molecular flexibility index (Phi) is 8.20. The summed E-state index contributed by atoms with van der Waals surface area (Å²) in [6, 6.07) is 22.6. The molecule has 4 rings (SSSR count). The highest BCUT2D eigenvalue weighted by atomic mass is 16.5. The van der Waals surface area contributed by atoms with Gasteiger partial charge in [-0.1, -0.05) is 42.5 Å². The maximum Gasteiger partial charge on any atom is 0.411 e. The third kappa shape index (κ3) is 6.98. The number of anilines is 2. The molecule has 0 fully saturated rings. The number of nitrogens with zero attached hydrogens (tertiary/aromatic N) is 1. The number of aromatic amines is 1. The Morgan fingerprint density at radius 3 is 2.57 bits per heavy atom. The van der Waals surface area contributed by atoms with Gasteiger partial charge in [0.05, 0.1) is 13.2 Å². The molecule has 190 valence electrons. The standard InChI is InChI=1S/C29H30N4O4/c1-20-8-10-25(32-29(36)37-15-13-21-6-4-3-5-7-21)16-23(20)19-33(2)27(34)18-31-24-11-9-22-12-14-30-28(35)26(22)17-24/h3-12,14,16-17,31H,13,15,18-19H2,1-2H3,(H,30,35)(H,32,36). The number of rotatable bonds is 9. The number of carbonyl (C=O) groups is 2. The number of benzene rings is 3. The molecule has 0 saturated carbocycles. The highest BCUT2D eigenvalue weighted by Gasteiger charge is 2.12. The molecule has 3 aromatic carbocycles. The van der Waals surface area contributed by atoms with Gasteiger partial charge in [0, 0.05) is 43.0 Å². The normalized spacial score (nSPS) is 10.6. The summed E-state index contributed by atoms with van der Waals surface area (Å²) in [4.78, 5) is 41.3. The molecule has 0 unspecified atom stereocenters. The van der Waals surface area contributed by atoms with Crippen LogP contribution in [0, 0.1) is 6.92 Å². The van der Waals surface area contributed by atoms with E-state index in [4.69, 9.17) is 4.74 Å². The van der Waals surface area contributed by atoms with E-state index in [9.17, 15) is 14.4 Å². The smallest absolute Gasteiger partial charge is 0.411 e. The van der Waals surface area contributed by atoms with E-state index in [0.29, 0.717) is 29.7 Å². The molecular formula is C29H30N4O4. The molecule has 8 heteroatoms. The molecule has 1 heterocycles. The number of ether oxygens (including phenoxy) is 1. The predicted octanol–water partition coefficient (Wildman–Crippen LogP) is 4.70. The molecule has 3 N–H and O–H groups in total. The zero-order chi connectivity index (χ0) is 26.2. The Hall–Kier alpha value is -4.59. The second kappa shape index (κ2) is 11.9. The molecule has 0 radical (unpaired) electrons. The lowest BCUT2D eigenvalue weighted by molar-refractivity contribution is -0.128. The molecule has 0 saturated heterocycles. The number of pyridine rings is 1. The van der Waals surface area contributed by atoms with E-state index >= 15 is 0 Å². The van der Waals surface area contributed by atoms with E-state index in [-0.39, 0.29) is 24.6 Å². The maximum absolute atomic E-state index is 12.8. The molecule has 8 nitrogen and oxygen atoms in total. The van der Waals surface area contributed by atoms with Crippen molar-refractivity contribution in [3.63, 3.8) is 0 Å². The summed E-state index contributed by atoms with van der Waals surface area (Å²) < 4.78 is 5.30. The largest absolute Gasteiger partial charge is 0.449 e. The molecule has 0 bridgehead atoms. The molecule has 0 atom stereocenters. The summed E-state index contributed by atoms with van der Waals surface area (Å²) in [5.41, 5.74) is 4.14. The van der Waals surface area contributed by atoms with Gasteiger partial charge >= 0.3 is 6.09 Å². The minimum Gasteiger partial charge on any atom is -0.449 e. The predicted molar refractivity (Wildman–Crippen MR) is 146 cm³/mol. The van der Waals surface area contributed by atoms with Gasteiger partial charge < -0.3 is 19.9 Å². The maximum atomic E-state index is 12.8. The van der Waals surface area contributed by atoms with Crippen LogP contribution in [-0.4, -0.2) is 42.1 Å². The minimum absolute atomic E-state index is 0.0808. The molecule has 0 aliphatic heterocycles. The van der Waals surface area contributed by atoms with Crippen LogP contribution >= 0.6 is 0 Å². The monoisotopic (exact) mass is 498 g/mol. The van der Waals surface area contributed by atoms with Gasteiger partial charge in [0.15, 0.2) is 0 Å². The van der Waals surface area contributed by atoms with E-state index < -0.39 is 6.09 Å². The summed E-state index contributed by atoms with van der Waals surface area (Å²) >= 11 is 0. The SMILES string of the molecule is Cc1ccc(NC(=O)OCCc2ccccc2)cc1CN(C)C(=O)CNc1ccc2cc[nH]c(=O)c2c1. The number of fused-ring (bicyclic) bond motifs is 1. The molecule has 0 aliphatic carbocycles. The lowest BCUT2D eigenvalue weighted by Crippen LogP contribution is -2.32. The van der Waals surface area contributed by atoms with Crippen LogP contribution in [0.3, 0.4) is 0 Å². The Morgan fingerprint density at radius 2 is 1.76 bits per heavy atom. The molecule has 0 aliphatic rings. The third-order valence-electron chi connectivity index (χ3n) is 6.11. The van der Waals surface area contributed by atoms with Crippen LogP contribution in [0.2, 0.25) is 0 Å². The number of hydrogen-bond acceptors (Lipinski definition) is 5. The summed E-state index contributed by atoms with van der Waals surface area (Å²) in [5.74, 6) is -0.111. The van der Waals surface area contributed by atoms with Crippen LogP contribution in [0.15, 0.2) is 83.8 Å². The topological polar surface area (TPSA) is 104 Å². The molecule has 0 spiro atoms. The van der Waals surface area contributed by atoms with Crippen molar-refractivity contribution in [1.82, 2.24) is 9.88 Å². The summed E-state index contributed by atoms with van der Waals surface area (Å²) in [7, 11) is 1.73. The second-order valence-corrected chi connectivity index (χ2v) is 8.85. The Bertz CT molecular complexity index is 1450. The first-order valence-corrected chi connectivity index (χ1v) is 12.1. The fraction of sp³-hybridized carbons (Fsp3) is 0.207. The van der Waals surface area contributed by atoms with Gasteiger partial charge in [0.25, 0.3) is 5.56 Å². The molecule has 37 heavy (non-hydrogen) atoms. The van der Waals surface area contributed by atoms with Gasteiger partial charge in [-0.2, -0.15) is 0 Å². The molecule has 1 aromatic heterocycles. The number of amides is 2. The fourth-order valence-electron chi connectivity index (χ4n) is 3.93. The van der Waals surface area contributed by atoms with Gasteiger partial charge in [-0.25, -0.2) is 4.79 Å². The van der Waals surface area contributed by atoms with Crippen LogP contribution in [0.4, 0.5) is 16.2 Å². The van der Waals surface area contributed by atoms with Crippen molar-refractivity contribution in [3.8, 4) is 0 Å². The van der Waals surface area contributed by atoms with Crippen molar-refractivity contribution in [3.05, 3.63) is 106 Å². The van der Waals surface area contributed by atoms with Crippen LogP contribution in [0.25, 0.3) is 10.8 Å². The molecule has 4 aromatic rings. The Morgan fingerprint density at radius 1 is 0.973 bits per heavy atom. The van der Waals surface area contributed by atoms with Gasteiger partial charge in [0.1, 0.15) is 0 Å². The van der Waals surface area contributed by atoms with Crippen molar-refractivity contribution in [1.29, 1.82) is 0 Å². The number of likely N-dealkylation sites (N-methyl/N-ethyl adjacent to an activating group) is 1. The van der Waals surface area contributed by atoms with Gasteiger partial charge in [0.2, 0.25) is 5.91 Å². The zero-order valence-corrected chi connectivity index (χ0v) is 20.9. The van der Waals surface area contributed by atoms with E-state index in [2.05, 4.69) is 15.6 Å². The highest BCUT2D eigenvalue weighted by molar-refractivity contribution is 5.87. The van der Waals surface area contributed by atoms with E-state index in [1.165, 1.54) is 0 Å².